The van der Waals surface area contributed by atoms with E-state index in [9.17, 15) is 28.3 Å². The predicted octanol–water partition coefficient (Wildman–Crippen LogP) is 4.00. The molecule has 0 unspecified atom stereocenters. The molecule has 0 aliphatic carbocycles. The van der Waals surface area contributed by atoms with E-state index in [1.165, 1.54) is 37.4 Å². The number of fused-ring (bicyclic) bond motifs is 2. The Morgan fingerprint density at radius 2 is 2.00 bits per heavy atom. The monoisotopic (exact) mass is 645 g/mol. The summed E-state index contributed by atoms with van der Waals surface area (Å²) < 4.78 is 34.7. The van der Waals surface area contributed by atoms with Crippen molar-refractivity contribution in [1.82, 2.24) is 25.9 Å². The van der Waals surface area contributed by atoms with Crippen LogP contribution in [0.3, 0.4) is 0 Å². The van der Waals surface area contributed by atoms with Gasteiger partial charge in [0.1, 0.15) is 39.6 Å². The van der Waals surface area contributed by atoms with Crippen LogP contribution in [-0.2, 0) is 14.5 Å². The number of amides is 3. The second-order valence-corrected chi connectivity index (χ2v) is 13.0. The number of hydrogen-bond acceptors (Lipinski definition) is 8. The molecule has 1 aliphatic heterocycles. The number of nitrogens with zero attached hydrogens (tertiary/aromatic N) is 1. The number of aromatic nitrogens is 2. The first-order valence-corrected chi connectivity index (χ1v) is 15.4. The molecule has 1 aliphatic rings. The number of rotatable bonds is 11. The molecule has 0 bridgehead atoms. The topological polar surface area (TPSA) is 145 Å². The van der Waals surface area contributed by atoms with Crippen LogP contribution in [0.4, 0.5) is 8.78 Å². The quantitative estimate of drug-likeness (QED) is 0.108. The number of benzene rings is 2. The lowest BCUT2D eigenvalue weighted by Gasteiger charge is -2.33. The number of hydrogen-bond donors (Lipinski definition) is 6. The largest absolute Gasteiger partial charge is 0.496 e. The SMILES string of the molecule is COc1ccc(F)c2[nH]c(C(=O)N[C@@H](CC(C)C)C(=O)N[C@@H](C[C@@H]3CCNC3=O)[C@@](O)(S)c3nc4c(F)cccc4s3)cc12. The lowest BCUT2D eigenvalue weighted by Crippen LogP contribution is -2.55. The van der Waals surface area contributed by atoms with Crippen molar-refractivity contribution in [2.24, 2.45) is 11.8 Å². The van der Waals surface area contributed by atoms with E-state index in [2.05, 4.69) is 38.5 Å². The molecule has 44 heavy (non-hydrogen) atoms. The molecule has 10 nitrogen and oxygen atoms in total. The Hall–Kier alpha value is -3.75. The molecule has 5 N–H and O–H groups in total. The summed E-state index contributed by atoms with van der Waals surface area (Å²) in [6, 6.07) is 6.32. The highest BCUT2D eigenvalue weighted by atomic mass is 32.1. The highest BCUT2D eigenvalue weighted by Crippen LogP contribution is 2.39. The molecule has 5 rings (SSSR count). The van der Waals surface area contributed by atoms with Gasteiger partial charge in [-0.25, -0.2) is 13.8 Å². The highest BCUT2D eigenvalue weighted by molar-refractivity contribution is 7.81. The van der Waals surface area contributed by atoms with Gasteiger partial charge in [0.2, 0.25) is 11.8 Å². The zero-order valence-corrected chi connectivity index (χ0v) is 26.0. The van der Waals surface area contributed by atoms with Crippen molar-refractivity contribution in [3.8, 4) is 5.75 Å². The number of aliphatic hydroxyl groups is 1. The first-order chi connectivity index (χ1) is 20.9. The number of nitrogens with one attached hydrogen (secondary N) is 4. The van der Waals surface area contributed by atoms with Gasteiger partial charge in [0.25, 0.3) is 5.91 Å². The summed E-state index contributed by atoms with van der Waals surface area (Å²) in [5.41, 5.74) is 0.160. The number of carbonyl (C=O) groups excluding carboxylic acids is 3. The fourth-order valence-corrected chi connectivity index (χ4v) is 6.75. The molecule has 0 radical (unpaired) electrons. The smallest absolute Gasteiger partial charge is 0.268 e. The van der Waals surface area contributed by atoms with Crippen LogP contribution in [-0.4, -0.2) is 58.5 Å². The van der Waals surface area contributed by atoms with Crippen LogP contribution in [0.5, 0.6) is 5.75 Å². The van der Waals surface area contributed by atoms with E-state index >= 15 is 0 Å². The lowest BCUT2D eigenvalue weighted by atomic mass is 9.93. The van der Waals surface area contributed by atoms with Gasteiger partial charge >= 0.3 is 0 Å². The van der Waals surface area contributed by atoms with Gasteiger partial charge in [0.05, 0.1) is 23.4 Å². The molecule has 0 spiro atoms. The molecule has 1 fully saturated rings. The van der Waals surface area contributed by atoms with Gasteiger partial charge in [-0.15, -0.1) is 24.0 Å². The van der Waals surface area contributed by atoms with E-state index in [4.69, 9.17) is 4.74 Å². The van der Waals surface area contributed by atoms with Crippen molar-refractivity contribution in [3.05, 3.63) is 58.7 Å². The molecule has 3 amide bonds. The Balaban J connectivity index is 1.43. The summed E-state index contributed by atoms with van der Waals surface area (Å²) in [5, 5.41) is 20.4. The van der Waals surface area contributed by atoms with Crippen molar-refractivity contribution in [2.45, 2.75) is 50.1 Å². The molecule has 14 heteroatoms. The minimum Gasteiger partial charge on any atom is -0.496 e. The number of thiol groups is 1. The molecule has 2 aromatic carbocycles. The van der Waals surface area contributed by atoms with E-state index in [0.717, 1.165) is 11.3 Å². The fourth-order valence-electron chi connectivity index (χ4n) is 5.37. The predicted molar refractivity (Wildman–Crippen MR) is 166 cm³/mol. The number of aromatic amines is 1. The molecule has 4 atom stereocenters. The van der Waals surface area contributed by atoms with Gasteiger partial charge in [-0.1, -0.05) is 19.9 Å². The third kappa shape index (κ3) is 6.37. The van der Waals surface area contributed by atoms with Crippen LogP contribution in [0.15, 0.2) is 36.4 Å². The number of H-pyrrole nitrogens is 1. The molecule has 3 heterocycles. The molecule has 1 saturated heterocycles. The Kier molecular flexibility index (Phi) is 9.14. The van der Waals surface area contributed by atoms with E-state index in [1.54, 1.807) is 6.07 Å². The van der Waals surface area contributed by atoms with Crippen molar-refractivity contribution in [1.29, 1.82) is 0 Å². The highest BCUT2D eigenvalue weighted by Gasteiger charge is 2.43. The molecule has 4 aromatic rings. The standard InChI is InChI=1S/C30H33F2N5O5S2/c1-14(2)11-19(35-27(39)20-13-16-21(42-3)8-7-18(32)24(16)34-20)28(40)36-23(12-15-9-10-33-26(15)38)30(41,43)29-37-25-17(31)5-4-6-22(25)44-29/h4-8,13-15,19,23,34,41,43H,9-12H2,1-3H3,(H,33,38)(H,35,39)(H,36,40)/t15-,19-,23-,30+/m0/s1. The summed E-state index contributed by atoms with van der Waals surface area (Å²) in [7, 11) is 1.43. The first kappa shape index (κ1) is 31.7. The van der Waals surface area contributed by atoms with Crippen molar-refractivity contribution in [2.75, 3.05) is 13.7 Å². The van der Waals surface area contributed by atoms with Crippen molar-refractivity contribution < 1.29 is 33.0 Å². The van der Waals surface area contributed by atoms with E-state index in [0.29, 0.717) is 28.8 Å². The third-order valence-electron chi connectivity index (χ3n) is 7.67. The van der Waals surface area contributed by atoms with E-state index in [-0.39, 0.29) is 46.4 Å². The minimum atomic E-state index is -2.09. The van der Waals surface area contributed by atoms with Gasteiger partial charge in [0, 0.05) is 17.8 Å². The normalized spacial score (nSPS) is 17.8. The van der Waals surface area contributed by atoms with Crippen LogP contribution in [0.1, 0.15) is 48.6 Å². The number of methoxy groups -OCH3 is 1. The first-order valence-electron chi connectivity index (χ1n) is 14.1. The number of ether oxygens (including phenoxy) is 1. The lowest BCUT2D eigenvalue weighted by molar-refractivity contribution is -0.127. The van der Waals surface area contributed by atoms with Crippen LogP contribution < -0.4 is 20.7 Å². The van der Waals surface area contributed by atoms with Crippen molar-refractivity contribution in [3.63, 3.8) is 0 Å². The average Bonchev–Trinajstić information content (AvgIpc) is 3.72. The maximum absolute atomic E-state index is 14.5. The summed E-state index contributed by atoms with van der Waals surface area (Å²) in [5.74, 6) is -2.84. The van der Waals surface area contributed by atoms with Crippen molar-refractivity contribution >= 4 is 62.8 Å². The molecule has 0 saturated carbocycles. The fraction of sp³-hybridized carbons (Fsp3) is 0.400. The van der Waals surface area contributed by atoms with Crippen LogP contribution >= 0.6 is 24.0 Å². The number of thiazole rings is 1. The zero-order chi connectivity index (χ0) is 31.8. The van der Waals surface area contributed by atoms with Gasteiger partial charge in [-0.05, 0) is 55.5 Å². The molecule has 2 aromatic heterocycles. The number of para-hydroxylation sites is 1. The summed E-state index contributed by atoms with van der Waals surface area (Å²) in [6.45, 7) is 4.20. The Labute approximate surface area is 261 Å². The summed E-state index contributed by atoms with van der Waals surface area (Å²) >= 11 is 5.53. The molecular formula is C30H33F2N5O5S2. The molecular weight excluding hydrogens is 612 g/mol. The van der Waals surface area contributed by atoms with E-state index in [1.807, 2.05) is 13.8 Å². The van der Waals surface area contributed by atoms with Gasteiger partial charge < -0.3 is 30.8 Å². The zero-order valence-electron chi connectivity index (χ0n) is 24.2. The number of halogens is 2. The summed E-state index contributed by atoms with van der Waals surface area (Å²) in [4.78, 5) is 44.6. The van der Waals surface area contributed by atoms with Crippen LogP contribution in [0.2, 0.25) is 0 Å². The Morgan fingerprint density at radius 1 is 1.23 bits per heavy atom. The Morgan fingerprint density at radius 3 is 2.66 bits per heavy atom. The maximum Gasteiger partial charge on any atom is 0.268 e. The van der Waals surface area contributed by atoms with Crippen LogP contribution in [0, 0.1) is 23.5 Å². The van der Waals surface area contributed by atoms with Gasteiger partial charge in [-0.3, -0.25) is 14.4 Å². The van der Waals surface area contributed by atoms with Gasteiger partial charge in [0.15, 0.2) is 4.93 Å². The Bertz CT molecular complexity index is 1720. The second kappa shape index (κ2) is 12.7. The van der Waals surface area contributed by atoms with Gasteiger partial charge in [-0.2, -0.15) is 0 Å². The minimum absolute atomic E-state index is 0.0133. The second-order valence-electron chi connectivity index (χ2n) is 11.3. The average molecular weight is 646 g/mol. The third-order valence-corrected chi connectivity index (χ3v) is 9.49. The van der Waals surface area contributed by atoms with E-state index < -0.39 is 46.4 Å². The molecule has 234 valence electrons. The summed E-state index contributed by atoms with van der Waals surface area (Å²) in [6.07, 6.45) is 0.721. The number of carbonyl (C=O) groups is 3. The van der Waals surface area contributed by atoms with Crippen LogP contribution in [0.25, 0.3) is 21.1 Å². The maximum atomic E-state index is 14.5.